The predicted molar refractivity (Wildman–Crippen MR) is 178 cm³/mol. The highest BCUT2D eigenvalue weighted by atomic mass is 15.3. The van der Waals surface area contributed by atoms with E-state index in [9.17, 15) is 0 Å². The van der Waals surface area contributed by atoms with Crippen LogP contribution < -0.4 is 4.90 Å². The summed E-state index contributed by atoms with van der Waals surface area (Å²) in [5.41, 5.74) is 5.92. The number of piperidine rings is 3. The minimum absolute atomic E-state index is 0.758. The highest BCUT2D eigenvalue weighted by molar-refractivity contribution is 5.48. The Morgan fingerprint density at radius 2 is 1.24 bits per heavy atom. The van der Waals surface area contributed by atoms with Crippen molar-refractivity contribution in [3.8, 4) is 0 Å². The molecule has 0 radical (unpaired) electrons. The van der Waals surface area contributed by atoms with Gasteiger partial charge in [0.25, 0.3) is 0 Å². The van der Waals surface area contributed by atoms with Gasteiger partial charge in [0, 0.05) is 51.5 Å². The molecule has 0 N–H and O–H groups in total. The third kappa shape index (κ3) is 8.37. The molecule has 42 heavy (non-hydrogen) atoms. The van der Waals surface area contributed by atoms with E-state index < -0.39 is 0 Å². The van der Waals surface area contributed by atoms with Crippen LogP contribution in [0.5, 0.6) is 0 Å². The summed E-state index contributed by atoms with van der Waals surface area (Å²) < 4.78 is 0. The fourth-order valence-corrected chi connectivity index (χ4v) is 8.12. The van der Waals surface area contributed by atoms with Crippen LogP contribution in [0.1, 0.15) is 61.1 Å². The highest BCUT2D eigenvalue weighted by Gasteiger charge is 2.26. The SMILES string of the molecule is Cc1cccc(N2CCN(CC3CCN(CCc4cccc(C5CCN(CC6CCN(C)CC6)CC5)c4)CC3)CC2)c1. The van der Waals surface area contributed by atoms with E-state index in [0.29, 0.717) is 0 Å². The van der Waals surface area contributed by atoms with Gasteiger partial charge in [-0.05, 0) is 145 Å². The van der Waals surface area contributed by atoms with E-state index in [1.165, 1.54) is 141 Å². The molecule has 4 fully saturated rings. The van der Waals surface area contributed by atoms with Crippen LogP contribution in [0.4, 0.5) is 5.69 Å². The molecule has 230 valence electrons. The van der Waals surface area contributed by atoms with Crippen LogP contribution in [0, 0.1) is 18.8 Å². The third-order valence-electron chi connectivity index (χ3n) is 11.0. The Labute approximate surface area is 256 Å². The summed E-state index contributed by atoms with van der Waals surface area (Å²) in [6, 6.07) is 18.7. The zero-order chi connectivity index (χ0) is 28.7. The van der Waals surface area contributed by atoms with E-state index in [4.69, 9.17) is 0 Å². The maximum absolute atomic E-state index is 2.77. The number of benzene rings is 2. The van der Waals surface area contributed by atoms with Gasteiger partial charge in [-0.3, -0.25) is 4.90 Å². The molecule has 0 bridgehead atoms. The van der Waals surface area contributed by atoms with Gasteiger partial charge in [-0.2, -0.15) is 0 Å². The molecule has 5 heteroatoms. The van der Waals surface area contributed by atoms with Gasteiger partial charge in [0.1, 0.15) is 0 Å². The van der Waals surface area contributed by atoms with Crippen molar-refractivity contribution in [2.45, 2.75) is 57.8 Å². The van der Waals surface area contributed by atoms with Crippen molar-refractivity contribution in [2.75, 3.05) is 97.0 Å². The van der Waals surface area contributed by atoms with Crippen molar-refractivity contribution in [1.29, 1.82) is 0 Å². The van der Waals surface area contributed by atoms with Gasteiger partial charge < -0.3 is 19.6 Å². The van der Waals surface area contributed by atoms with Gasteiger partial charge in [0.05, 0.1) is 0 Å². The maximum atomic E-state index is 2.77. The summed E-state index contributed by atoms with van der Waals surface area (Å²) in [6.45, 7) is 18.5. The van der Waals surface area contributed by atoms with Gasteiger partial charge in [-0.25, -0.2) is 0 Å². The van der Waals surface area contributed by atoms with E-state index >= 15 is 0 Å². The average molecular weight is 572 g/mol. The van der Waals surface area contributed by atoms with E-state index in [0.717, 1.165) is 17.8 Å². The molecule has 6 rings (SSSR count). The summed E-state index contributed by atoms with van der Waals surface area (Å²) in [5.74, 6) is 2.56. The van der Waals surface area contributed by atoms with Crippen LogP contribution in [0.25, 0.3) is 0 Å². The van der Waals surface area contributed by atoms with Crippen LogP contribution in [0.15, 0.2) is 48.5 Å². The molecule has 4 aliphatic rings. The summed E-state index contributed by atoms with van der Waals surface area (Å²) in [7, 11) is 2.27. The Kier molecular flexibility index (Phi) is 10.5. The van der Waals surface area contributed by atoms with E-state index in [-0.39, 0.29) is 0 Å². The Hall–Kier alpha value is -1.92. The molecule has 0 aliphatic carbocycles. The third-order valence-corrected chi connectivity index (χ3v) is 11.0. The summed E-state index contributed by atoms with van der Waals surface area (Å²) in [6.07, 6.45) is 9.40. The van der Waals surface area contributed by atoms with Crippen LogP contribution in [-0.2, 0) is 6.42 Å². The number of nitrogens with zero attached hydrogens (tertiary/aromatic N) is 5. The number of piperazine rings is 1. The molecule has 2 aromatic rings. The average Bonchev–Trinajstić information content (AvgIpc) is 3.03. The van der Waals surface area contributed by atoms with Gasteiger partial charge >= 0.3 is 0 Å². The summed E-state index contributed by atoms with van der Waals surface area (Å²) in [5, 5.41) is 0. The molecule has 0 saturated carbocycles. The Morgan fingerprint density at radius 1 is 0.619 bits per heavy atom. The molecule has 0 aromatic heterocycles. The molecular formula is C37H57N5. The maximum Gasteiger partial charge on any atom is 0.0369 e. The van der Waals surface area contributed by atoms with Gasteiger partial charge in [-0.15, -0.1) is 0 Å². The van der Waals surface area contributed by atoms with Crippen molar-refractivity contribution in [1.82, 2.24) is 19.6 Å². The second-order valence-electron chi connectivity index (χ2n) is 14.2. The zero-order valence-electron chi connectivity index (χ0n) is 26.7. The van der Waals surface area contributed by atoms with Crippen molar-refractivity contribution in [3.63, 3.8) is 0 Å². The minimum Gasteiger partial charge on any atom is -0.369 e. The first-order chi connectivity index (χ1) is 20.6. The first-order valence-electron chi connectivity index (χ1n) is 17.3. The topological polar surface area (TPSA) is 16.2 Å². The molecule has 0 atom stereocenters. The van der Waals surface area contributed by atoms with Crippen LogP contribution in [-0.4, -0.2) is 112 Å². The van der Waals surface area contributed by atoms with Gasteiger partial charge in [-0.1, -0.05) is 36.4 Å². The van der Waals surface area contributed by atoms with E-state index in [2.05, 4.69) is 87.0 Å². The van der Waals surface area contributed by atoms with Crippen molar-refractivity contribution < 1.29 is 0 Å². The first kappa shape index (κ1) is 30.1. The molecule has 5 nitrogen and oxygen atoms in total. The Balaban J connectivity index is 0.876. The number of hydrogen-bond acceptors (Lipinski definition) is 5. The normalized spacial score (nSPS) is 23.5. The molecule has 0 amide bonds. The van der Waals surface area contributed by atoms with Crippen molar-refractivity contribution in [3.05, 3.63) is 65.2 Å². The fraction of sp³-hybridized carbons (Fsp3) is 0.676. The molecule has 4 heterocycles. The summed E-state index contributed by atoms with van der Waals surface area (Å²) in [4.78, 5) is 13.3. The lowest BCUT2D eigenvalue weighted by Gasteiger charge is -2.39. The fourth-order valence-electron chi connectivity index (χ4n) is 8.12. The lowest BCUT2D eigenvalue weighted by Crippen LogP contribution is -2.49. The number of hydrogen-bond donors (Lipinski definition) is 0. The van der Waals surface area contributed by atoms with Crippen molar-refractivity contribution in [2.24, 2.45) is 11.8 Å². The predicted octanol–water partition coefficient (Wildman–Crippen LogP) is 5.59. The zero-order valence-corrected chi connectivity index (χ0v) is 26.7. The molecule has 2 aromatic carbocycles. The second-order valence-corrected chi connectivity index (χ2v) is 14.2. The highest BCUT2D eigenvalue weighted by Crippen LogP contribution is 2.30. The van der Waals surface area contributed by atoms with E-state index in [1.807, 2.05) is 0 Å². The second kappa shape index (κ2) is 14.7. The van der Waals surface area contributed by atoms with Gasteiger partial charge in [0.15, 0.2) is 0 Å². The monoisotopic (exact) mass is 571 g/mol. The van der Waals surface area contributed by atoms with E-state index in [1.54, 1.807) is 11.1 Å². The Bertz CT molecular complexity index is 1090. The molecule has 4 aliphatic heterocycles. The smallest absolute Gasteiger partial charge is 0.0369 e. The van der Waals surface area contributed by atoms with Crippen molar-refractivity contribution >= 4 is 5.69 Å². The van der Waals surface area contributed by atoms with Crippen LogP contribution >= 0.6 is 0 Å². The largest absolute Gasteiger partial charge is 0.369 e. The number of aryl methyl sites for hydroxylation is 1. The summed E-state index contributed by atoms with van der Waals surface area (Å²) >= 11 is 0. The molecule has 0 unspecified atom stereocenters. The Morgan fingerprint density at radius 3 is 1.93 bits per heavy atom. The molecule has 4 saturated heterocycles. The molecular weight excluding hydrogens is 514 g/mol. The lowest BCUT2D eigenvalue weighted by molar-refractivity contribution is 0.139. The first-order valence-corrected chi connectivity index (χ1v) is 17.3. The number of rotatable bonds is 9. The standard InChI is InChI=1S/C37H57N5/c1-31-5-3-8-37(27-31)42-25-23-41(24-26-42)30-34-12-19-39(20-13-34)18-11-32-6-4-7-36(28-32)35-14-21-40(22-15-35)29-33-9-16-38(2)17-10-33/h3-8,27-28,33-35H,9-26,29-30H2,1-2H3. The van der Waals surface area contributed by atoms with Gasteiger partial charge in [0.2, 0.25) is 0 Å². The van der Waals surface area contributed by atoms with Crippen LogP contribution in [0.3, 0.4) is 0 Å². The minimum atomic E-state index is 0.758. The lowest BCUT2D eigenvalue weighted by atomic mass is 9.87. The number of anilines is 1. The quantitative estimate of drug-likeness (QED) is 0.389. The molecule has 0 spiro atoms. The van der Waals surface area contributed by atoms with Crippen LogP contribution in [0.2, 0.25) is 0 Å². The number of likely N-dealkylation sites (tertiary alicyclic amines) is 3.